The van der Waals surface area contributed by atoms with Crippen molar-refractivity contribution >= 4 is 44.4 Å². The summed E-state index contributed by atoms with van der Waals surface area (Å²) < 4.78 is 70.7. The number of carbonyl (C=O) groups excluding carboxylic acids is 4. The Morgan fingerprint density at radius 1 is 1.09 bits per heavy atom. The Labute approximate surface area is 329 Å². The van der Waals surface area contributed by atoms with Crippen molar-refractivity contribution in [2.75, 3.05) is 6.54 Å². The number of aromatic nitrogens is 3. The minimum Gasteiger partial charge on any atom is -0.488 e. The predicted molar refractivity (Wildman–Crippen MR) is 204 cm³/mol. The number of nitrogens with one attached hydrogen (secondary N) is 2. The Hall–Kier alpha value is -4.93. The van der Waals surface area contributed by atoms with Crippen LogP contribution < -0.4 is 19.5 Å². The second-order valence-corrected chi connectivity index (χ2v) is 18.5. The van der Waals surface area contributed by atoms with Gasteiger partial charge < -0.3 is 19.7 Å². The molecule has 0 bridgehead atoms. The van der Waals surface area contributed by atoms with Crippen LogP contribution in [0.1, 0.15) is 95.5 Å². The molecule has 2 N–H and O–H groups in total. The van der Waals surface area contributed by atoms with Crippen molar-refractivity contribution < 1.29 is 45.9 Å². The average molecular weight is 811 g/mol. The fourth-order valence-corrected chi connectivity index (χ4v) is 9.15. The molecule has 17 heteroatoms. The molecule has 2 aliphatic carbocycles. The molecule has 0 radical (unpaired) electrons. The number of halogens is 2. The zero-order valence-electron chi connectivity index (χ0n) is 32.4. The number of Topliss-reactive ketones (excluding diaryl/α,β-unsaturated/α-hetero) is 1. The lowest BCUT2D eigenvalue weighted by molar-refractivity contribution is -0.140. The van der Waals surface area contributed by atoms with E-state index < -0.39 is 79.4 Å². The maximum atomic E-state index is 15.1. The number of amides is 3. The first kappa shape index (κ1) is 40.3. The molecule has 2 saturated carbocycles. The van der Waals surface area contributed by atoms with Gasteiger partial charge in [0.2, 0.25) is 27.7 Å². The van der Waals surface area contributed by atoms with Gasteiger partial charge in [0.05, 0.1) is 28.9 Å². The maximum Gasteiger partial charge on any atom is 0.272 e. The van der Waals surface area contributed by atoms with Crippen molar-refractivity contribution in [1.82, 2.24) is 29.7 Å². The Morgan fingerprint density at radius 3 is 2.56 bits per heavy atom. The SMILES string of the molecule is CC(C)Oc1cc(O[C@@H]2C[C@H]3C(=O)C[C@]4(C(=O)NS(=O)(=O)C5(C)CC5)C[C@H]4/C=C\CCCCC[C@H](NC(=O)c4ccn(C)n4)C(=O)N3C2)c2ccc(F)c(F)c2n1. The van der Waals surface area contributed by atoms with Crippen LogP contribution >= 0.6 is 0 Å². The van der Waals surface area contributed by atoms with Crippen LogP contribution in [0.5, 0.6) is 11.6 Å². The molecule has 1 saturated heterocycles. The first-order valence-corrected chi connectivity index (χ1v) is 21.0. The summed E-state index contributed by atoms with van der Waals surface area (Å²) in [4.78, 5) is 62.1. The average Bonchev–Trinajstić information content (AvgIpc) is 3.95. The monoisotopic (exact) mass is 810 g/mol. The van der Waals surface area contributed by atoms with Crippen LogP contribution in [0.25, 0.3) is 10.9 Å². The molecule has 5 atom stereocenters. The van der Waals surface area contributed by atoms with Gasteiger partial charge in [-0.2, -0.15) is 5.10 Å². The van der Waals surface area contributed by atoms with Gasteiger partial charge in [-0.05, 0) is 83.4 Å². The first-order valence-electron chi connectivity index (χ1n) is 19.5. The number of pyridine rings is 1. The highest BCUT2D eigenvalue weighted by Crippen LogP contribution is 2.57. The summed E-state index contributed by atoms with van der Waals surface area (Å²) in [5.74, 6) is -4.97. The minimum absolute atomic E-state index is 0.0231. The van der Waals surface area contributed by atoms with Crippen molar-refractivity contribution in [3.63, 3.8) is 0 Å². The van der Waals surface area contributed by atoms with Crippen LogP contribution in [0.4, 0.5) is 8.78 Å². The van der Waals surface area contributed by atoms with Crippen LogP contribution in [-0.4, -0.2) is 87.2 Å². The molecule has 2 aromatic heterocycles. The zero-order chi connectivity index (χ0) is 40.9. The number of carbonyl (C=O) groups is 4. The van der Waals surface area contributed by atoms with Gasteiger partial charge in [-0.15, -0.1) is 0 Å². The second-order valence-electron chi connectivity index (χ2n) is 16.3. The number of fused-ring (bicyclic) bond motifs is 3. The number of sulfonamides is 1. The predicted octanol–water partition coefficient (Wildman–Crippen LogP) is 4.66. The molecule has 0 spiro atoms. The third-order valence-electron chi connectivity index (χ3n) is 11.6. The van der Waals surface area contributed by atoms with E-state index in [9.17, 15) is 32.0 Å². The van der Waals surface area contributed by atoms with Gasteiger partial charge in [-0.25, -0.2) is 22.2 Å². The normalized spacial score (nSPS) is 26.8. The van der Waals surface area contributed by atoms with Crippen LogP contribution in [0.15, 0.2) is 42.6 Å². The summed E-state index contributed by atoms with van der Waals surface area (Å²) in [6.45, 7) is 4.93. The summed E-state index contributed by atoms with van der Waals surface area (Å²) in [5.41, 5.74) is -1.56. The Bertz CT molecular complexity index is 2240. The largest absolute Gasteiger partial charge is 0.488 e. The van der Waals surface area contributed by atoms with Crippen LogP contribution in [0, 0.1) is 23.0 Å². The molecule has 4 aliphatic rings. The van der Waals surface area contributed by atoms with Crippen molar-refractivity contribution in [2.24, 2.45) is 18.4 Å². The molecular weight excluding hydrogens is 763 g/mol. The number of benzene rings is 1. The topological polar surface area (TPSA) is 179 Å². The van der Waals surface area contributed by atoms with Gasteiger partial charge in [0.15, 0.2) is 17.4 Å². The summed E-state index contributed by atoms with van der Waals surface area (Å²) in [6, 6.07) is 3.05. The number of hydrogen-bond donors (Lipinski definition) is 2. The van der Waals surface area contributed by atoms with Gasteiger partial charge in [-0.3, -0.25) is 28.6 Å². The molecule has 0 unspecified atom stereocenters. The summed E-state index contributed by atoms with van der Waals surface area (Å²) in [5, 5.41) is 7.14. The van der Waals surface area contributed by atoms with E-state index in [4.69, 9.17) is 9.47 Å². The molecule has 57 heavy (non-hydrogen) atoms. The van der Waals surface area contributed by atoms with Crippen molar-refractivity contribution in [3.05, 3.63) is 59.9 Å². The fourth-order valence-electron chi connectivity index (χ4n) is 7.82. The van der Waals surface area contributed by atoms with E-state index in [1.165, 1.54) is 27.8 Å². The quantitative estimate of drug-likeness (QED) is 0.289. The van der Waals surface area contributed by atoms with Crippen molar-refractivity contribution in [1.29, 1.82) is 0 Å². The van der Waals surface area contributed by atoms with Gasteiger partial charge in [0.1, 0.15) is 29.1 Å². The lowest BCUT2D eigenvalue weighted by Gasteiger charge is -2.29. The van der Waals surface area contributed by atoms with Gasteiger partial charge in [0, 0.05) is 37.5 Å². The number of ketones is 1. The highest BCUT2D eigenvalue weighted by atomic mass is 32.2. The summed E-state index contributed by atoms with van der Waals surface area (Å²) in [7, 11) is -2.35. The van der Waals surface area contributed by atoms with E-state index in [2.05, 4.69) is 20.1 Å². The van der Waals surface area contributed by atoms with E-state index >= 15 is 4.39 Å². The Kier molecular flexibility index (Phi) is 10.9. The highest BCUT2D eigenvalue weighted by molar-refractivity contribution is 7.91. The molecule has 14 nitrogen and oxygen atoms in total. The molecule has 1 aromatic carbocycles. The first-order chi connectivity index (χ1) is 27.0. The van der Waals surface area contributed by atoms with E-state index in [1.54, 1.807) is 34.0 Å². The fraction of sp³-hybridized carbons (Fsp3) is 0.550. The number of allylic oxidation sites excluding steroid dienone is 2. The zero-order valence-corrected chi connectivity index (χ0v) is 33.2. The lowest BCUT2D eigenvalue weighted by atomic mass is 9.91. The summed E-state index contributed by atoms with van der Waals surface area (Å²) in [6.07, 6.45) is 7.90. The van der Waals surface area contributed by atoms with Gasteiger partial charge >= 0.3 is 0 Å². The van der Waals surface area contributed by atoms with E-state index in [0.717, 1.165) is 18.9 Å². The van der Waals surface area contributed by atoms with E-state index in [1.807, 2.05) is 12.2 Å². The van der Waals surface area contributed by atoms with Crippen molar-refractivity contribution in [2.45, 2.75) is 114 Å². The Balaban J connectivity index is 1.23. The van der Waals surface area contributed by atoms with Gasteiger partial charge in [-0.1, -0.05) is 25.0 Å². The molecular formula is C40H48F2N6O8S. The second kappa shape index (κ2) is 15.4. The molecule has 306 valence electrons. The number of aryl methyl sites for hydroxylation is 1. The number of hydrogen-bond acceptors (Lipinski definition) is 10. The number of ether oxygens (including phenoxy) is 2. The lowest BCUT2D eigenvalue weighted by Crippen LogP contribution is -2.52. The van der Waals surface area contributed by atoms with Gasteiger partial charge in [0.25, 0.3) is 5.91 Å². The van der Waals surface area contributed by atoms with Crippen LogP contribution in [0.3, 0.4) is 0 Å². The van der Waals surface area contributed by atoms with E-state index in [0.29, 0.717) is 25.7 Å². The highest BCUT2D eigenvalue weighted by Gasteiger charge is 2.62. The molecule has 3 amide bonds. The molecule has 3 fully saturated rings. The maximum absolute atomic E-state index is 15.1. The number of nitrogens with zero attached hydrogens (tertiary/aromatic N) is 4. The number of rotatable bonds is 9. The van der Waals surface area contributed by atoms with Crippen LogP contribution in [-0.2, 0) is 31.5 Å². The molecule has 2 aliphatic heterocycles. The molecule has 7 rings (SSSR count). The van der Waals surface area contributed by atoms with E-state index in [-0.39, 0.29) is 66.6 Å². The third-order valence-corrected chi connectivity index (χ3v) is 13.7. The Morgan fingerprint density at radius 2 is 1.86 bits per heavy atom. The molecule has 3 aromatic rings. The summed E-state index contributed by atoms with van der Waals surface area (Å²) >= 11 is 0. The minimum atomic E-state index is -4.01. The van der Waals surface area contributed by atoms with Crippen molar-refractivity contribution in [3.8, 4) is 11.6 Å². The molecule has 4 heterocycles. The standard InChI is InChI=1S/C40H48F2N6O8S/c1-23(2)55-33-19-32(26-12-13-27(41)34(42)35(26)44-33)56-25-18-30-31(49)21-40(38(52)46-57(53,54)39(3)15-16-39)20-24(40)10-8-6-5-7-9-11-29(37(51)48(30)22-25)43-36(50)28-14-17-47(4)45-28/h8,10,12-14,17,19,23-25,29-30H,5-7,9,11,15-16,18,20-22H2,1-4H3,(H,43,50)(H,46,52)/b10-8-/t24-,25-,29+,30+,40-/m1/s1. The van der Waals surface area contributed by atoms with Crippen LogP contribution in [0.2, 0.25) is 0 Å². The third kappa shape index (κ3) is 8.25. The smallest absolute Gasteiger partial charge is 0.272 e.